The molecule has 0 spiro atoms. The molecule has 3 aliphatic rings. The molecule has 0 N–H and O–H groups in total. The number of hydrogen-bond donors (Lipinski definition) is 0. The van der Waals surface area contributed by atoms with Crippen LogP contribution in [0.15, 0.2) is 59.2 Å². The molecule has 2 aromatic rings. The molecule has 0 aromatic heterocycles. The Kier molecular flexibility index (Phi) is 5.25. The van der Waals surface area contributed by atoms with Crippen molar-refractivity contribution in [3.05, 3.63) is 81.4 Å². The maximum absolute atomic E-state index is 2.62. The number of hydrogen-bond acceptors (Lipinski definition) is 0. The van der Waals surface area contributed by atoms with Gasteiger partial charge in [-0.25, -0.2) is 0 Å². The highest BCUT2D eigenvalue weighted by Gasteiger charge is 2.51. The summed E-state index contributed by atoms with van der Waals surface area (Å²) in [6.45, 7) is 26.3. The van der Waals surface area contributed by atoms with Crippen molar-refractivity contribution >= 4 is 0 Å². The third kappa shape index (κ3) is 3.78. The maximum Gasteiger partial charge on any atom is 0.0196 e. The lowest BCUT2D eigenvalue weighted by Gasteiger charge is -2.37. The summed E-state index contributed by atoms with van der Waals surface area (Å²) in [6, 6.07) is 14.7. The first-order valence-corrected chi connectivity index (χ1v) is 13.8. The van der Waals surface area contributed by atoms with E-state index >= 15 is 0 Å². The molecule has 0 saturated carbocycles. The van der Waals surface area contributed by atoms with Gasteiger partial charge in [-0.05, 0) is 74.0 Å². The largest absolute Gasteiger partial charge is 0.0605 e. The zero-order valence-electron chi connectivity index (χ0n) is 24.1. The Morgan fingerprint density at radius 3 is 1.63 bits per heavy atom. The summed E-state index contributed by atoms with van der Waals surface area (Å²) in [5.41, 5.74) is 14.6. The molecular weight excluding hydrogens is 420 g/mol. The van der Waals surface area contributed by atoms with E-state index in [1.165, 1.54) is 35.1 Å². The Morgan fingerprint density at radius 2 is 1.20 bits per heavy atom. The highest BCUT2D eigenvalue weighted by molar-refractivity contribution is 5.81. The van der Waals surface area contributed by atoms with E-state index in [-0.39, 0.29) is 21.7 Å². The van der Waals surface area contributed by atoms with Gasteiger partial charge in [0.25, 0.3) is 0 Å². The Hall–Kier alpha value is -2.08. The molecule has 0 nitrogen and oxygen atoms in total. The van der Waals surface area contributed by atoms with Crippen LogP contribution < -0.4 is 0 Å². The van der Waals surface area contributed by atoms with Crippen molar-refractivity contribution in [2.75, 3.05) is 0 Å². The summed E-state index contributed by atoms with van der Waals surface area (Å²) in [7, 11) is 0. The zero-order chi connectivity index (χ0) is 25.7. The summed E-state index contributed by atoms with van der Waals surface area (Å²) >= 11 is 0. The van der Waals surface area contributed by atoms with Crippen molar-refractivity contribution in [1.82, 2.24) is 0 Å². The second-order valence-corrected chi connectivity index (χ2v) is 15.1. The number of fused-ring (bicyclic) bond motifs is 3. The van der Waals surface area contributed by atoms with E-state index in [0.717, 1.165) is 0 Å². The van der Waals surface area contributed by atoms with Gasteiger partial charge in [-0.2, -0.15) is 0 Å². The predicted octanol–water partition coefficient (Wildman–Crippen LogP) is 10.1. The van der Waals surface area contributed by atoms with E-state index in [1.54, 1.807) is 27.8 Å². The van der Waals surface area contributed by atoms with Crippen LogP contribution in [0.5, 0.6) is 0 Å². The molecule has 0 heterocycles. The van der Waals surface area contributed by atoms with Gasteiger partial charge >= 0.3 is 0 Å². The van der Waals surface area contributed by atoms with Crippen molar-refractivity contribution in [2.45, 2.75) is 106 Å². The lowest BCUT2D eigenvalue weighted by atomic mass is 9.66. The van der Waals surface area contributed by atoms with E-state index in [0.29, 0.717) is 11.8 Å². The van der Waals surface area contributed by atoms with Crippen LogP contribution in [0.25, 0.3) is 11.1 Å². The Morgan fingerprint density at radius 1 is 0.714 bits per heavy atom. The Labute approximate surface area is 214 Å². The first-order chi connectivity index (χ1) is 16.0. The van der Waals surface area contributed by atoms with E-state index in [4.69, 9.17) is 0 Å². The lowest BCUT2D eigenvalue weighted by Crippen LogP contribution is -2.26. The fourth-order valence-electron chi connectivity index (χ4n) is 7.09. The van der Waals surface area contributed by atoms with Crippen LogP contribution in [0.2, 0.25) is 0 Å². The minimum absolute atomic E-state index is 0.120. The molecule has 2 aromatic carbocycles. The monoisotopic (exact) mass is 466 g/mol. The highest BCUT2D eigenvalue weighted by Crippen LogP contribution is 2.64. The highest BCUT2D eigenvalue weighted by atomic mass is 14.5. The van der Waals surface area contributed by atoms with Crippen molar-refractivity contribution in [3.8, 4) is 11.1 Å². The molecular formula is C35H46. The molecule has 2 atom stereocenters. The molecule has 0 fully saturated rings. The van der Waals surface area contributed by atoms with Gasteiger partial charge in [-0.1, -0.05) is 130 Å². The van der Waals surface area contributed by atoms with Crippen molar-refractivity contribution < 1.29 is 0 Å². The first-order valence-electron chi connectivity index (χ1n) is 13.8. The van der Waals surface area contributed by atoms with Gasteiger partial charge in [-0.15, -0.1) is 0 Å². The molecule has 186 valence electrons. The molecule has 0 amide bonds. The van der Waals surface area contributed by atoms with Crippen molar-refractivity contribution in [1.29, 1.82) is 0 Å². The third-order valence-electron chi connectivity index (χ3n) is 9.33. The number of rotatable bonds is 1. The van der Waals surface area contributed by atoms with Gasteiger partial charge in [0.2, 0.25) is 0 Å². The average molecular weight is 467 g/mol. The van der Waals surface area contributed by atoms with Crippen molar-refractivity contribution in [2.24, 2.45) is 16.7 Å². The quantitative estimate of drug-likeness (QED) is 0.392. The molecule has 0 radical (unpaired) electrons. The van der Waals surface area contributed by atoms with Gasteiger partial charge < -0.3 is 0 Å². The van der Waals surface area contributed by atoms with E-state index in [9.17, 15) is 0 Å². The van der Waals surface area contributed by atoms with Gasteiger partial charge in [0.05, 0.1) is 0 Å². The van der Waals surface area contributed by atoms with Crippen LogP contribution >= 0.6 is 0 Å². The normalized spacial score (nSPS) is 24.5. The summed E-state index contributed by atoms with van der Waals surface area (Å²) < 4.78 is 0. The molecule has 0 saturated heterocycles. The number of allylic oxidation sites excluding steroid dienone is 4. The lowest BCUT2D eigenvalue weighted by molar-refractivity contribution is 0.323. The summed E-state index contributed by atoms with van der Waals surface area (Å²) in [4.78, 5) is 0. The second-order valence-electron chi connectivity index (χ2n) is 15.1. The van der Waals surface area contributed by atoms with Gasteiger partial charge in [0, 0.05) is 11.3 Å². The molecule has 0 aliphatic heterocycles. The minimum atomic E-state index is 0.120. The fourth-order valence-corrected chi connectivity index (χ4v) is 7.09. The van der Waals surface area contributed by atoms with E-state index < -0.39 is 0 Å². The first kappa shape index (κ1) is 24.6. The fraction of sp³-hybridized carbons (Fsp3) is 0.543. The molecule has 0 bridgehead atoms. The summed E-state index contributed by atoms with van der Waals surface area (Å²) in [6.07, 6.45) is 5.04. The van der Waals surface area contributed by atoms with Gasteiger partial charge in [0.15, 0.2) is 0 Å². The van der Waals surface area contributed by atoms with Crippen LogP contribution in [-0.4, -0.2) is 0 Å². The topological polar surface area (TPSA) is 0 Å². The van der Waals surface area contributed by atoms with Crippen LogP contribution in [0.3, 0.4) is 0 Å². The SMILES string of the molecule is CC1CC(C)(C2c3cc(C(C)(C)C)ccc3-c3ccc(C(C)(C)C)cc32)C2=C1CC(C(C)(C)C)=C2. The van der Waals surface area contributed by atoms with Gasteiger partial charge in [0.1, 0.15) is 0 Å². The van der Waals surface area contributed by atoms with Crippen LogP contribution in [0, 0.1) is 16.7 Å². The summed E-state index contributed by atoms with van der Waals surface area (Å²) in [5.74, 6) is 1.05. The Bertz CT molecular complexity index is 1200. The zero-order valence-corrected chi connectivity index (χ0v) is 24.1. The average Bonchev–Trinajstić information content (AvgIpc) is 3.37. The summed E-state index contributed by atoms with van der Waals surface area (Å²) in [5, 5.41) is 0. The van der Waals surface area contributed by atoms with Crippen molar-refractivity contribution in [3.63, 3.8) is 0 Å². The molecule has 35 heavy (non-hydrogen) atoms. The van der Waals surface area contributed by atoms with Crippen LogP contribution in [0.1, 0.15) is 117 Å². The second kappa shape index (κ2) is 7.47. The van der Waals surface area contributed by atoms with Gasteiger partial charge in [-0.3, -0.25) is 0 Å². The predicted molar refractivity (Wildman–Crippen MR) is 152 cm³/mol. The smallest absolute Gasteiger partial charge is 0.0196 e. The third-order valence-corrected chi connectivity index (χ3v) is 9.33. The minimum Gasteiger partial charge on any atom is -0.0605 e. The van der Waals surface area contributed by atoms with E-state index in [1.807, 2.05) is 0 Å². The van der Waals surface area contributed by atoms with E-state index in [2.05, 4.69) is 119 Å². The molecule has 2 unspecified atom stereocenters. The molecule has 0 heteroatoms. The standard InChI is InChI=1S/C35H46/c1-21-20-35(11,30-19-24(18-27(21)30)34(8,9)10)31-28-16-22(32(2,3)4)12-14-25(28)26-15-13-23(17-29(26)31)33(5,6)7/h12-17,19,21,31H,18,20H2,1-11H3. The number of benzene rings is 2. The Balaban J connectivity index is 1.75. The maximum atomic E-state index is 2.62. The molecule has 5 rings (SSSR count). The van der Waals surface area contributed by atoms with Crippen LogP contribution in [-0.2, 0) is 10.8 Å². The van der Waals surface area contributed by atoms with Crippen LogP contribution in [0.4, 0.5) is 0 Å². The molecule has 3 aliphatic carbocycles.